The van der Waals surface area contributed by atoms with Crippen molar-refractivity contribution in [1.82, 2.24) is 30.2 Å². The highest BCUT2D eigenvalue weighted by Crippen LogP contribution is 2.44. The second-order valence-electron chi connectivity index (χ2n) is 13.6. The van der Waals surface area contributed by atoms with E-state index in [4.69, 9.17) is 0 Å². The highest BCUT2D eigenvalue weighted by Gasteiger charge is 2.45. The third-order valence-electron chi connectivity index (χ3n) is 10.4. The number of aryl methyl sites for hydroxylation is 1. The van der Waals surface area contributed by atoms with E-state index in [9.17, 15) is 30.0 Å². The Morgan fingerprint density at radius 1 is 1.10 bits per heavy atom. The Hall–Kier alpha value is -4.44. The molecule has 0 radical (unpaired) electrons. The first-order valence-electron chi connectivity index (χ1n) is 17.5. The molecule has 6 aromatic rings. The van der Waals surface area contributed by atoms with Gasteiger partial charge in [-0.3, -0.25) is 4.79 Å². The summed E-state index contributed by atoms with van der Waals surface area (Å²) in [5, 5.41) is 58.9. The van der Waals surface area contributed by atoms with Crippen LogP contribution in [0.3, 0.4) is 0 Å². The number of thiophene rings is 2. The molecule has 0 amide bonds. The van der Waals surface area contributed by atoms with Gasteiger partial charge in [0.1, 0.15) is 11.3 Å². The number of H-pyrrole nitrogens is 1. The van der Waals surface area contributed by atoms with Crippen LogP contribution in [0.15, 0.2) is 76.2 Å². The van der Waals surface area contributed by atoms with E-state index in [1.54, 1.807) is 29.6 Å². The maximum atomic E-state index is 12.3. The predicted octanol–water partition coefficient (Wildman–Crippen LogP) is 5.29. The fraction of sp³-hybridized carbons (Fsp3) is 0.368. The van der Waals surface area contributed by atoms with Crippen molar-refractivity contribution < 1.29 is 25.2 Å². The van der Waals surface area contributed by atoms with Gasteiger partial charge < -0.3 is 35.6 Å². The topological polar surface area (TPSA) is 177 Å². The number of fused-ring (bicyclic) bond motifs is 2. The lowest BCUT2D eigenvalue weighted by Crippen LogP contribution is -2.38. The van der Waals surface area contributed by atoms with E-state index < -0.39 is 17.7 Å². The Morgan fingerprint density at radius 3 is 2.69 bits per heavy atom. The molecule has 52 heavy (non-hydrogen) atoms. The average Bonchev–Trinajstić information content (AvgIpc) is 3.94. The van der Waals surface area contributed by atoms with Gasteiger partial charge >= 0.3 is 5.97 Å². The number of carboxylic acids is 1. The molecule has 272 valence electrons. The molecule has 1 aliphatic carbocycles. The third kappa shape index (κ3) is 7.14. The van der Waals surface area contributed by atoms with Crippen LogP contribution in [-0.2, 0) is 23.5 Å². The van der Waals surface area contributed by atoms with Crippen molar-refractivity contribution in [3.05, 3.63) is 108 Å². The van der Waals surface area contributed by atoms with E-state index in [1.807, 2.05) is 34.3 Å². The average molecular weight is 743 g/mol. The molecule has 0 spiro atoms. The van der Waals surface area contributed by atoms with Crippen molar-refractivity contribution in [3.63, 3.8) is 0 Å². The number of hydrogen-bond donors (Lipinski definition) is 6. The molecule has 1 fully saturated rings. The van der Waals surface area contributed by atoms with Crippen molar-refractivity contribution in [2.45, 2.75) is 68.9 Å². The molecular weight excluding hydrogens is 701 g/mol. The number of carboxylic acid groups (broad SMARTS) is 1. The molecule has 0 saturated heterocycles. The first-order chi connectivity index (χ1) is 25.1. The van der Waals surface area contributed by atoms with Crippen LogP contribution >= 0.6 is 22.7 Å². The van der Waals surface area contributed by atoms with Crippen molar-refractivity contribution in [1.29, 1.82) is 0 Å². The fourth-order valence-electron chi connectivity index (χ4n) is 7.52. The number of nitrogens with zero attached hydrogens (tertiary/aromatic N) is 4. The Morgan fingerprint density at radius 2 is 1.92 bits per heavy atom. The molecule has 6 N–H and O–H groups in total. The summed E-state index contributed by atoms with van der Waals surface area (Å²) in [5.41, 5.74) is 2.32. The molecule has 0 aliphatic heterocycles. The second kappa shape index (κ2) is 15.3. The van der Waals surface area contributed by atoms with Gasteiger partial charge in [0.2, 0.25) is 11.2 Å². The van der Waals surface area contributed by atoms with E-state index in [1.165, 1.54) is 34.8 Å². The molecule has 14 heteroatoms. The minimum absolute atomic E-state index is 0.0425. The Labute approximate surface area is 308 Å². The third-order valence-corrected chi connectivity index (χ3v) is 12.4. The number of benzene rings is 2. The van der Waals surface area contributed by atoms with Gasteiger partial charge in [-0.15, -0.1) is 27.8 Å². The minimum Gasteiger partial charge on any atom is -0.506 e. The summed E-state index contributed by atoms with van der Waals surface area (Å²) >= 11 is 2.59. The summed E-state index contributed by atoms with van der Waals surface area (Å²) in [5.74, 6) is -1.06. The summed E-state index contributed by atoms with van der Waals surface area (Å²) in [7, 11) is 2.17. The zero-order chi connectivity index (χ0) is 36.4. The summed E-state index contributed by atoms with van der Waals surface area (Å²) < 4.78 is 1.94. The summed E-state index contributed by atoms with van der Waals surface area (Å²) in [6.07, 6.45) is 3.97. The quantitative estimate of drug-likeness (QED) is 0.0860. The molecule has 1 unspecified atom stereocenters. The largest absolute Gasteiger partial charge is 0.506 e. The maximum Gasteiger partial charge on any atom is 0.347 e. The van der Waals surface area contributed by atoms with Gasteiger partial charge in [0.25, 0.3) is 0 Å². The van der Waals surface area contributed by atoms with E-state index in [2.05, 4.69) is 32.6 Å². The number of carbonyl (C=O) groups is 1. The lowest BCUT2D eigenvalue weighted by Gasteiger charge is -2.35. The Kier molecular flexibility index (Phi) is 10.6. The van der Waals surface area contributed by atoms with E-state index in [-0.39, 0.29) is 23.8 Å². The molecule has 1 aliphatic rings. The number of aromatic amines is 1. The second-order valence-corrected chi connectivity index (χ2v) is 15.5. The van der Waals surface area contributed by atoms with E-state index in [0.29, 0.717) is 38.8 Å². The van der Waals surface area contributed by atoms with Crippen LogP contribution in [0, 0.1) is 0 Å². The molecule has 0 bridgehead atoms. The van der Waals surface area contributed by atoms with Crippen LogP contribution in [-0.4, -0.2) is 77.5 Å². The van der Waals surface area contributed by atoms with Crippen molar-refractivity contribution in [2.24, 2.45) is 0 Å². The number of aliphatic hydroxyl groups is 2. The van der Waals surface area contributed by atoms with Gasteiger partial charge in [-0.2, -0.15) is 0 Å². The smallest absolute Gasteiger partial charge is 0.347 e. The van der Waals surface area contributed by atoms with Gasteiger partial charge in [-0.05, 0) is 115 Å². The monoisotopic (exact) mass is 742 g/mol. The molecule has 4 heterocycles. The van der Waals surface area contributed by atoms with Crippen molar-refractivity contribution in [3.8, 4) is 5.75 Å². The number of pyridine rings is 1. The highest BCUT2D eigenvalue weighted by molar-refractivity contribution is 7.12. The lowest BCUT2D eigenvalue weighted by molar-refractivity contribution is -0.154. The van der Waals surface area contributed by atoms with Crippen LogP contribution in [0.4, 0.5) is 0 Å². The van der Waals surface area contributed by atoms with Gasteiger partial charge in [-0.25, -0.2) is 9.48 Å². The highest BCUT2D eigenvalue weighted by atomic mass is 32.1. The molecule has 12 nitrogen and oxygen atoms in total. The summed E-state index contributed by atoms with van der Waals surface area (Å²) in [6.45, 7) is 2.44. The zero-order valence-corrected chi connectivity index (χ0v) is 30.4. The van der Waals surface area contributed by atoms with Crippen LogP contribution in [0.5, 0.6) is 5.75 Å². The minimum atomic E-state index is -2.02. The fourth-order valence-corrected chi connectivity index (χ4v) is 9.49. The van der Waals surface area contributed by atoms with E-state index >= 15 is 0 Å². The standard InChI is InChI=1S/C38H42N6O6S2/c1-43(25-8-6-24(7-9-25)26-15-19-52-36(26)38(50,37(48)49)33-4-2-18-51-33)16-3-17-44-30-12-5-23(20-29(30)41-42-44)21-39-22-32(46)27-10-13-31(45)35-28(27)11-14-34(47)40-35/h2,4-5,10-15,18-20,24-25,32,39,45-46,50H,3,6-9,16-17,21-22H2,1H3,(H,40,47)(H,48,49)/t24?,25?,32-,38?/m0/s1. The van der Waals surface area contributed by atoms with E-state index in [0.717, 1.165) is 67.4 Å². The number of nitrogens with one attached hydrogen (secondary N) is 2. The molecular formula is C38H42N6O6S2. The number of aliphatic carboxylic acids is 1. The van der Waals surface area contributed by atoms with Gasteiger partial charge in [0.15, 0.2) is 0 Å². The number of rotatable bonds is 14. The summed E-state index contributed by atoms with van der Waals surface area (Å²) in [6, 6.07) is 18.1. The normalized spacial score (nSPS) is 18.2. The number of phenols is 1. The van der Waals surface area contributed by atoms with Crippen molar-refractivity contribution in [2.75, 3.05) is 20.1 Å². The Bertz CT molecular complexity index is 2220. The lowest BCUT2D eigenvalue weighted by atomic mass is 9.79. The molecule has 4 aromatic heterocycles. The van der Waals surface area contributed by atoms with Crippen LogP contribution in [0.1, 0.15) is 70.6 Å². The van der Waals surface area contributed by atoms with Crippen molar-refractivity contribution >= 4 is 50.6 Å². The van der Waals surface area contributed by atoms with Gasteiger partial charge in [0.05, 0.1) is 26.9 Å². The van der Waals surface area contributed by atoms with Crippen LogP contribution in [0.2, 0.25) is 0 Å². The number of hydrogen-bond acceptors (Lipinski definition) is 11. The number of aromatic hydroxyl groups is 1. The summed E-state index contributed by atoms with van der Waals surface area (Å²) in [4.78, 5) is 30.1. The molecule has 2 atom stereocenters. The van der Waals surface area contributed by atoms with Gasteiger partial charge in [0, 0.05) is 37.1 Å². The SMILES string of the molecule is CN(CCCn1nnc2cc(CNC[C@H](O)c3ccc(O)c4[nH]c(=O)ccc34)ccc21)C1CCC(c2ccsc2C(O)(C(=O)O)c2cccs2)CC1. The number of aliphatic hydroxyl groups excluding tert-OH is 1. The molecule has 7 rings (SSSR count). The predicted molar refractivity (Wildman–Crippen MR) is 202 cm³/mol. The number of aromatic nitrogens is 4. The maximum absolute atomic E-state index is 12.3. The van der Waals surface area contributed by atoms with Crippen LogP contribution in [0.25, 0.3) is 21.9 Å². The Balaban J connectivity index is 0.889. The molecule has 1 saturated carbocycles. The zero-order valence-electron chi connectivity index (χ0n) is 28.7. The first kappa shape index (κ1) is 35.9. The molecule has 2 aromatic carbocycles. The van der Waals surface area contributed by atoms with Gasteiger partial charge in [-0.1, -0.05) is 23.4 Å². The van der Waals surface area contributed by atoms with Crippen LogP contribution < -0.4 is 10.9 Å². The number of phenolic OH excluding ortho intramolecular Hbond substituents is 1. The first-order valence-corrected chi connectivity index (χ1v) is 19.2.